The van der Waals surface area contributed by atoms with Gasteiger partial charge in [-0.25, -0.2) is 0 Å². The molecule has 0 aliphatic heterocycles. The maximum atomic E-state index is 3.81. The van der Waals surface area contributed by atoms with Crippen LogP contribution >= 0.6 is 0 Å². The van der Waals surface area contributed by atoms with Gasteiger partial charge < -0.3 is 5.32 Å². The van der Waals surface area contributed by atoms with Gasteiger partial charge in [0.05, 0.1) is 0 Å². The highest BCUT2D eigenvalue weighted by Crippen LogP contribution is 2.72. The summed E-state index contributed by atoms with van der Waals surface area (Å²) < 4.78 is 0. The third-order valence-corrected chi connectivity index (χ3v) is 6.49. The number of hydrogen-bond donors (Lipinski definition) is 1. The van der Waals surface area contributed by atoms with E-state index in [0.29, 0.717) is 6.04 Å². The molecule has 0 spiro atoms. The van der Waals surface area contributed by atoms with Gasteiger partial charge in [0.2, 0.25) is 0 Å². The predicted molar refractivity (Wildman–Crippen MR) is 83.6 cm³/mol. The summed E-state index contributed by atoms with van der Waals surface area (Å²) in [6, 6.07) is 7.71. The quantitative estimate of drug-likeness (QED) is 0.862. The predicted octanol–water partition coefficient (Wildman–Crippen LogP) is 4.25. The molecule has 108 valence electrons. The van der Waals surface area contributed by atoms with Crippen LogP contribution < -0.4 is 5.32 Å². The summed E-state index contributed by atoms with van der Waals surface area (Å²) in [4.78, 5) is 0. The fraction of sp³-hybridized carbons (Fsp3) is 0.684. The summed E-state index contributed by atoms with van der Waals surface area (Å²) in [6.07, 6.45) is 4.60. The number of benzene rings is 1. The second-order valence-corrected chi connectivity index (χ2v) is 7.44. The third kappa shape index (κ3) is 1.79. The van der Waals surface area contributed by atoms with Crippen molar-refractivity contribution in [2.45, 2.75) is 46.1 Å². The second kappa shape index (κ2) is 4.59. The van der Waals surface area contributed by atoms with Crippen molar-refractivity contribution in [1.29, 1.82) is 0 Å². The van der Waals surface area contributed by atoms with Crippen LogP contribution in [0.15, 0.2) is 18.2 Å². The molecule has 1 nitrogen and oxygen atoms in total. The van der Waals surface area contributed by atoms with Crippen LogP contribution in [0.2, 0.25) is 0 Å². The smallest absolute Gasteiger partial charge is 0.0354 e. The first kappa shape index (κ1) is 12.9. The molecule has 3 fully saturated rings. The molecule has 2 bridgehead atoms. The Labute approximate surface area is 123 Å². The van der Waals surface area contributed by atoms with Crippen LogP contribution in [0.3, 0.4) is 0 Å². The Hall–Kier alpha value is -0.820. The van der Waals surface area contributed by atoms with Crippen LogP contribution in [0.4, 0.5) is 0 Å². The molecular formula is C19H27N. The van der Waals surface area contributed by atoms with Gasteiger partial charge in [0, 0.05) is 6.04 Å². The highest BCUT2D eigenvalue weighted by molar-refractivity contribution is 5.34. The molecule has 1 heteroatoms. The van der Waals surface area contributed by atoms with E-state index in [0.717, 1.165) is 36.1 Å². The molecule has 5 unspecified atom stereocenters. The van der Waals surface area contributed by atoms with Crippen molar-refractivity contribution in [3.05, 3.63) is 34.9 Å². The molecule has 4 rings (SSSR count). The van der Waals surface area contributed by atoms with Crippen molar-refractivity contribution in [2.75, 3.05) is 6.54 Å². The normalized spacial score (nSPS) is 38.9. The topological polar surface area (TPSA) is 12.0 Å². The highest BCUT2D eigenvalue weighted by atomic mass is 14.9. The SMILES string of the molecule is CCNC(c1ccc(C)c(C)c1)C1C2C3CCC(C3)C21. The first-order chi connectivity index (χ1) is 9.70. The lowest BCUT2D eigenvalue weighted by Crippen LogP contribution is -2.25. The van der Waals surface area contributed by atoms with Crippen molar-refractivity contribution in [2.24, 2.45) is 29.6 Å². The van der Waals surface area contributed by atoms with Crippen LogP contribution in [0.5, 0.6) is 0 Å². The molecule has 0 heterocycles. The lowest BCUT2D eigenvalue weighted by Gasteiger charge is -2.22. The molecule has 0 saturated heterocycles. The summed E-state index contributed by atoms with van der Waals surface area (Å²) in [5.41, 5.74) is 4.40. The summed E-state index contributed by atoms with van der Waals surface area (Å²) in [5.74, 6) is 5.19. The number of aryl methyl sites for hydroxylation is 2. The molecule has 1 N–H and O–H groups in total. The molecule has 0 radical (unpaired) electrons. The molecule has 0 aromatic heterocycles. The van der Waals surface area contributed by atoms with Gasteiger partial charge in [-0.15, -0.1) is 0 Å². The summed E-state index contributed by atoms with van der Waals surface area (Å²) in [7, 11) is 0. The van der Waals surface area contributed by atoms with Crippen LogP contribution in [0, 0.1) is 43.4 Å². The Balaban J connectivity index is 1.61. The molecule has 3 saturated carbocycles. The van der Waals surface area contributed by atoms with Crippen molar-refractivity contribution in [1.82, 2.24) is 5.32 Å². The van der Waals surface area contributed by atoms with Crippen LogP contribution in [0.25, 0.3) is 0 Å². The lowest BCUT2D eigenvalue weighted by molar-refractivity contribution is 0.374. The summed E-state index contributed by atoms with van der Waals surface area (Å²) in [5, 5.41) is 3.81. The molecule has 3 aliphatic rings. The van der Waals surface area contributed by atoms with E-state index in [1.165, 1.54) is 29.5 Å². The Morgan fingerprint density at radius 2 is 1.80 bits per heavy atom. The van der Waals surface area contributed by atoms with E-state index in [9.17, 15) is 0 Å². The van der Waals surface area contributed by atoms with E-state index in [4.69, 9.17) is 0 Å². The van der Waals surface area contributed by atoms with Gasteiger partial charge in [-0.1, -0.05) is 25.1 Å². The van der Waals surface area contributed by atoms with Gasteiger partial charge in [-0.2, -0.15) is 0 Å². The molecule has 3 aliphatic carbocycles. The lowest BCUT2D eigenvalue weighted by atomic mass is 9.91. The number of nitrogens with one attached hydrogen (secondary N) is 1. The van der Waals surface area contributed by atoms with E-state index in [1.54, 1.807) is 6.42 Å². The van der Waals surface area contributed by atoms with E-state index < -0.39 is 0 Å². The van der Waals surface area contributed by atoms with Crippen molar-refractivity contribution in [3.8, 4) is 0 Å². The van der Waals surface area contributed by atoms with Gasteiger partial charge in [0.1, 0.15) is 0 Å². The zero-order chi connectivity index (χ0) is 13.9. The zero-order valence-corrected chi connectivity index (χ0v) is 13.0. The Morgan fingerprint density at radius 1 is 1.10 bits per heavy atom. The molecular weight excluding hydrogens is 242 g/mol. The number of fused-ring (bicyclic) bond motifs is 5. The zero-order valence-electron chi connectivity index (χ0n) is 13.0. The van der Waals surface area contributed by atoms with Gasteiger partial charge in [0.25, 0.3) is 0 Å². The van der Waals surface area contributed by atoms with Crippen LogP contribution in [-0.4, -0.2) is 6.54 Å². The second-order valence-electron chi connectivity index (χ2n) is 7.44. The fourth-order valence-corrected chi connectivity index (χ4v) is 5.49. The van der Waals surface area contributed by atoms with E-state index in [2.05, 4.69) is 44.3 Å². The molecule has 5 atom stereocenters. The van der Waals surface area contributed by atoms with Gasteiger partial charge >= 0.3 is 0 Å². The molecule has 20 heavy (non-hydrogen) atoms. The minimum atomic E-state index is 0.609. The fourth-order valence-electron chi connectivity index (χ4n) is 5.49. The van der Waals surface area contributed by atoms with Crippen LogP contribution in [0.1, 0.15) is 48.9 Å². The average molecular weight is 269 g/mol. The standard InChI is InChI=1S/C19H27N/c1-4-20-19(15-6-5-11(2)12(3)9-15)18-16-13-7-8-14(10-13)17(16)18/h5-6,9,13-14,16-20H,4,7-8,10H2,1-3H3. The molecule has 1 aromatic rings. The Bertz CT molecular complexity index is 504. The molecule has 0 amide bonds. The number of hydrogen-bond acceptors (Lipinski definition) is 1. The van der Waals surface area contributed by atoms with Gasteiger partial charge in [-0.3, -0.25) is 0 Å². The number of rotatable bonds is 4. The van der Waals surface area contributed by atoms with E-state index >= 15 is 0 Å². The minimum Gasteiger partial charge on any atom is -0.310 e. The monoisotopic (exact) mass is 269 g/mol. The van der Waals surface area contributed by atoms with E-state index in [-0.39, 0.29) is 0 Å². The van der Waals surface area contributed by atoms with Gasteiger partial charge in [0.15, 0.2) is 0 Å². The summed E-state index contributed by atoms with van der Waals surface area (Å²) >= 11 is 0. The highest BCUT2D eigenvalue weighted by Gasteiger charge is 2.66. The van der Waals surface area contributed by atoms with Crippen molar-refractivity contribution < 1.29 is 0 Å². The molecule has 1 aromatic carbocycles. The Morgan fingerprint density at radius 3 is 2.40 bits per heavy atom. The third-order valence-electron chi connectivity index (χ3n) is 6.49. The minimum absolute atomic E-state index is 0.609. The maximum Gasteiger partial charge on any atom is 0.0354 e. The maximum absolute atomic E-state index is 3.81. The van der Waals surface area contributed by atoms with Crippen molar-refractivity contribution in [3.63, 3.8) is 0 Å². The van der Waals surface area contributed by atoms with Crippen LogP contribution in [-0.2, 0) is 0 Å². The van der Waals surface area contributed by atoms with Crippen molar-refractivity contribution >= 4 is 0 Å². The summed E-state index contributed by atoms with van der Waals surface area (Å²) in [6.45, 7) is 7.80. The van der Waals surface area contributed by atoms with E-state index in [1.807, 2.05) is 0 Å². The largest absolute Gasteiger partial charge is 0.310 e. The Kier molecular flexibility index (Phi) is 2.96. The first-order valence-corrected chi connectivity index (χ1v) is 8.51. The average Bonchev–Trinajstić information content (AvgIpc) is 2.86. The van der Waals surface area contributed by atoms with Gasteiger partial charge in [-0.05, 0) is 85.9 Å². The first-order valence-electron chi connectivity index (χ1n) is 8.51.